The van der Waals surface area contributed by atoms with Crippen LogP contribution in [0.2, 0.25) is 0 Å². The molecule has 0 aliphatic carbocycles. The molecule has 0 amide bonds. The summed E-state index contributed by atoms with van der Waals surface area (Å²) >= 11 is 0. The van der Waals surface area contributed by atoms with Crippen molar-refractivity contribution in [3.63, 3.8) is 0 Å². The minimum Gasteiger partial charge on any atom is -0.394 e. The first-order valence-electron chi connectivity index (χ1n) is 3.92. The largest absolute Gasteiger partial charge is 0.394 e. The van der Waals surface area contributed by atoms with Gasteiger partial charge in [-0.3, -0.25) is 0 Å². The molecule has 0 radical (unpaired) electrons. The summed E-state index contributed by atoms with van der Waals surface area (Å²) in [6.07, 6.45) is -0.293. The Bertz CT molecular complexity index is 128. The monoisotopic (exact) mass is 160 g/mol. The van der Waals surface area contributed by atoms with Crippen LogP contribution in [0, 0.1) is 5.41 Å². The molecule has 0 unspecified atom stereocenters. The van der Waals surface area contributed by atoms with Crippen LogP contribution in [-0.2, 0) is 9.47 Å². The fraction of sp³-hybridized carbons (Fsp3) is 1.00. The highest BCUT2D eigenvalue weighted by Crippen LogP contribution is 2.28. The Labute approximate surface area is 67.3 Å². The molecule has 66 valence electrons. The van der Waals surface area contributed by atoms with E-state index in [1.54, 1.807) is 0 Å². The summed E-state index contributed by atoms with van der Waals surface area (Å²) in [5.74, 6) is 0. The maximum atomic E-state index is 8.74. The Balaban J connectivity index is 2.42. The zero-order valence-electron chi connectivity index (χ0n) is 7.33. The van der Waals surface area contributed by atoms with Crippen molar-refractivity contribution in [2.45, 2.75) is 33.2 Å². The summed E-state index contributed by atoms with van der Waals surface area (Å²) in [7, 11) is 0. The molecule has 0 bridgehead atoms. The Morgan fingerprint density at radius 3 is 2.36 bits per heavy atom. The molecule has 0 aromatic carbocycles. The first kappa shape index (κ1) is 8.97. The van der Waals surface area contributed by atoms with Gasteiger partial charge in [-0.05, 0) is 0 Å². The molecule has 1 saturated heterocycles. The van der Waals surface area contributed by atoms with E-state index in [1.807, 2.05) is 0 Å². The molecular formula is C8H16O3. The number of ether oxygens (including phenoxy) is 2. The summed E-state index contributed by atoms with van der Waals surface area (Å²) in [5.41, 5.74) is 0.00389. The van der Waals surface area contributed by atoms with Gasteiger partial charge in [0.2, 0.25) is 0 Å². The molecule has 3 heteroatoms. The maximum absolute atomic E-state index is 8.74. The van der Waals surface area contributed by atoms with Gasteiger partial charge >= 0.3 is 0 Å². The fourth-order valence-corrected chi connectivity index (χ4v) is 0.998. The van der Waals surface area contributed by atoms with Gasteiger partial charge in [-0.1, -0.05) is 20.8 Å². The summed E-state index contributed by atoms with van der Waals surface area (Å²) in [6.45, 7) is 6.72. The van der Waals surface area contributed by atoms with Crippen molar-refractivity contribution in [2.75, 3.05) is 13.2 Å². The maximum Gasteiger partial charge on any atom is 0.163 e. The van der Waals surface area contributed by atoms with E-state index in [0.29, 0.717) is 6.61 Å². The van der Waals surface area contributed by atoms with Crippen LogP contribution in [0.25, 0.3) is 0 Å². The molecule has 1 aliphatic heterocycles. The lowest BCUT2D eigenvalue weighted by Crippen LogP contribution is -2.28. The van der Waals surface area contributed by atoms with Crippen LogP contribution < -0.4 is 0 Å². The zero-order chi connectivity index (χ0) is 8.48. The molecule has 0 aromatic heterocycles. The number of hydrogen-bond acceptors (Lipinski definition) is 3. The molecule has 1 rings (SSSR count). The molecule has 0 aromatic rings. The molecule has 1 N–H and O–H groups in total. The average Bonchev–Trinajstić information content (AvgIpc) is 2.32. The van der Waals surface area contributed by atoms with Gasteiger partial charge in [0, 0.05) is 5.41 Å². The molecular weight excluding hydrogens is 144 g/mol. The quantitative estimate of drug-likeness (QED) is 0.615. The van der Waals surface area contributed by atoms with E-state index in [1.165, 1.54) is 0 Å². The average molecular weight is 160 g/mol. The van der Waals surface area contributed by atoms with E-state index in [9.17, 15) is 0 Å². The molecule has 11 heavy (non-hydrogen) atoms. The fourth-order valence-electron chi connectivity index (χ4n) is 0.998. The van der Waals surface area contributed by atoms with Gasteiger partial charge < -0.3 is 14.6 Å². The van der Waals surface area contributed by atoms with Gasteiger partial charge in [0.25, 0.3) is 0 Å². The Kier molecular flexibility index (Phi) is 2.52. The van der Waals surface area contributed by atoms with E-state index < -0.39 is 0 Å². The van der Waals surface area contributed by atoms with Gasteiger partial charge in [-0.25, -0.2) is 0 Å². The topological polar surface area (TPSA) is 38.7 Å². The van der Waals surface area contributed by atoms with Gasteiger partial charge in [-0.15, -0.1) is 0 Å². The van der Waals surface area contributed by atoms with E-state index in [2.05, 4.69) is 20.8 Å². The first-order valence-corrected chi connectivity index (χ1v) is 3.92. The predicted octanol–water partition coefficient (Wildman–Crippen LogP) is 0.766. The van der Waals surface area contributed by atoms with Crippen LogP contribution in [0.3, 0.4) is 0 Å². The smallest absolute Gasteiger partial charge is 0.163 e. The minimum atomic E-state index is -0.167. The van der Waals surface area contributed by atoms with Gasteiger partial charge in [0.05, 0.1) is 13.2 Å². The van der Waals surface area contributed by atoms with Crippen LogP contribution in [0.4, 0.5) is 0 Å². The zero-order valence-corrected chi connectivity index (χ0v) is 7.33. The number of aliphatic hydroxyl groups is 1. The number of rotatable bonds is 1. The standard InChI is InChI=1S/C8H16O3/c1-8(2,3)7-10-5-6(4-9)11-7/h6-7,9H,4-5H2,1-3H3/t6-,7+/m0/s1. The van der Waals surface area contributed by atoms with Crippen LogP contribution in [0.5, 0.6) is 0 Å². The number of aliphatic hydroxyl groups excluding tert-OH is 1. The van der Waals surface area contributed by atoms with Crippen LogP contribution >= 0.6 is 0 Å². The summed E-state index contributed by atoms with van der Waals surface area (Å²) < 4.78 is 10.7. The molecule has 3 nitrogen and oxygen atoms in total. The van der Waals surface area contributed by atoms with Crippen molar-refractivity contribution in [1.82, 2.24) is 0 Å². The van der Waals surface area contributed by atoms with Gasteiger partial charge in [-0.2, -0.15) is 0 Å². The Morgan fingerprint density at radius 1 is 1.45 bits per heavy atom. The molecule has 1 heterocycles. The highest BCUT2D eigenvalue weighted by atomic mass is 16.7. The Hall–Kier alpha value is -0.120. The van der Waals surface area contributed by atoms with Crippen LogP contribution in [0.1, 0.15) is 20.8 Å². The summed E-state index contributed by atoms with van der Waals surface area (Å²) in [6, 6.07) is 0. The first-order chi connectivity index (χ1) is 5.04. The second-order valence-electron chi connectivity index (χ2n) is 3.97. The normalized spacial score (nSPS) is 32.7. The van der Waals surface area contributed by atoms with Gasteiger partial charge in [0.15, 0.2) is 6.29 Å². The molecule has 0 spiro atoms. The Morgan fingerprint density at radius 2 is 2.09 bits per heavy atom. The lowest BCUT2D eigenvalue weighted by atomic mass is 9.96. The third kappa shape index (κ3) is 2.15. The van der Waals surface area contributed by atoms with Crippen molar-refractivity contribution in [2.24, 2.45) is 5.41 Å². The van der Waals surface area contributed by atoms with E-state index in [4.69, 9.17) is 14.6 Å². The lowest BCUT2D eigenvalue weighted by molar-refractivity contribution is -0.128. The van der Waals surface area contributed by atoms with E-state index in [0.717, 1.165) is 0 Å². The van der Waals surface area contributed by atoms with E-state index in [-0.39, 0.29) is 24.4 Å². The number of hydrogen-bond donors (Lipinski definition) is 1. The van der Waals surface area contributed by atoms with Crippen molar-refractivity contribution < 1.29 is 14.6 Å². The van der Waals surface area contributed by atoms with Crippen LogP contribution in [-0.4, -0.2) is 30.7 Å². The highest BCUT2D eigenvalue weighted by Gasteiger charge is 2.34. The molecule has 0 saturated carbocycles. The van der Waals surface area contributed by atoms with E-state index >= 15 is 0 Å². The summed E-state index contributed by atoms with van der Waals surface area (Å²) in [4.78, 5) is 0. The second kappa shape index (κ2) is 3.09. The minimum absolute atomic E-state index is 0.00389. The second-order valence-corrected chi connectivity index (χ2v) is 3.97. The van der Waals surface area contributed by atoms with Crippen molar-refractivity contribution in [3.05, 3.63) is 0 Å². The molecule has 1 aliphatic rings. The SMILES string of the molecule is CC(C)(C)[C@@H]1OC[C@H](CO)O1. The third-order valence-electron chi connectivity index (χ3n) is 1.66. The summed E-state index contributed by atoms with van der Waals surface area (Å²) in [5, 5.41) is 8.74. The van der Waals surface area contributed by atoms with Crippen LogP contribution in [0.15, 0.2) is 0 Å². The van der Waals surface area contributed by atoms with Gasteiger partial charge in [0.1, 0.15) is 6.10 Å². The van der Waals surface area contributed by atoms with Crippen molar-refractivity contribution in [1.29, 1.82) is 0 Å². The predicted molar refractivity (Wildman–Crippen MR) is 41.2 cm³/mol. The molecule has 1 fully saturated rings. The highest BCUT2D eigenvalue weighted by molar-refractivity contribution is 4.73. The molecule has 2 atom stereocenters. The lowest BCUT2D eigenvalue weighted by Gasteiger charge is -2.24. The van der Waals surface area contributed by atoms with Crippen molar-refractivity contribution in [3.8, 4) is 0 Å². The van der Waals surface area contributed by atoms with Crippen molar-refractivity contribution >= 4 is 0 Å². The third-order valence-corrected chi connectivity index (χ3v) is 1.66.